The molecule has 2 aromatic carbocycles. The normalized spacial score (nSPS) is 14.9. The Hall–Kier alpha value is -4.02. The average molecular weight is 499 g/mol. The third-order valence-electron chi connectivity index (χ3n) is 6.37. The number of nitrogens with one attached hydrogen (secondary N) is 1. The van der Waals surface area contributed by atoms with E-state index in [1.165, 1.54) is 18.2 Å². The number of carboxylic acid groups (broad SMARTS) is 1. The van der Waals surface area contributed by atoms with Crippen LogP contribution < -0.4 is 4.90 Å². The SMILES string of the molecule is O=C(O)CC1CCN(c2ncc(-c3ccc(-c4nc5ccc(C(F)(F)F)cc5[nH]4)c(F)c3)cn2)CC1. The molecule has 11 heteroatoms. The van der Waals surface area contributed by atoms with Crippen LogP contribution in [0.15, 0.2) is 48.8 Å². The molecule has 0 saturated carbocycles. The van der Waals surface area contributed by atoms with Gasteiger partial charge in [-0.1, -0.05) is 6.07 Å². The van der Waals surface area contributed by atoms with Gasteiger partial charge in [0, 0.05) is 37.5 Å². The summed E-state index contributed by atoms with van der Waals surface area (Å²) in [5.74, 6) is -0.565. The minimum atomic E-state index is -4.49. The molecule has 0 radical (unpaired) electrons. The first-order chi connectivity index (χ1) is 17.2. The molecule has 186 valence electrons. The summed E-state index contributed by atoms with van der Waals surface area (Å²) >= 11 is 0. The zero-order valence-corrected chi connectivity index (χ0v) is 18.9. The van der Waals surface area contributed by atoms with Crippen molar-refractivity contribution in [1.29, 1.82) is 0 Å². The van der Waals surface area contributed by atoms with E-state index >= 15 is 0 Å². The lowest BCUT2D eigenvalue weighted by Crippen LogP contribution is -2.35. The van der Waals surface area contributed by atoms with E-state index in [1.54, 1.807) is 18.5 Å². The molecule has 4 aromatic rings. The van der Waals surface area contributed by atoms with Gasteiger partial charge in [-0.2, -0.15) is 13.2 Å². The van der Waals surface area contributed by atoms with Crippen molar-refractivity contribution in [1.82, 2.24) is 19.9 Å². The highest BCUT2D eigenvalue weighted by molar-refractivity contribution is 5.81. The highest BCUT2D eigenvalue weighted by atomic mass is 19.4. The topological polar surface area (TPSA) is 95.0 Å². The molecule has 5 rings (SSSR count). The van der Waals surface area contributed by atoms with Crippen LogP contribution >= 0.6 is 0 Å². The fourth-order valence-corrected chi connectivity index (χ4v) is 4.42. The Bertz CT molecular complexity index is 1410. The third-order valence-corrected chi connectivity index (χ3v) is 6.37. The molecule has 1 aliphatic heterocycles. The number of imidazole rings is 1. The predicted octanol–water partition coefficient (Wildman–Crippen LogP) is 5.54. The molecule has 2 aromatic heterocycles. The predicted molar refractivity (Wildman–Crippen MR) is 125 cm³/mol. The number of alkyl halides is 3. The number of aromatic amines is 1. The smallest absolute Gasteiger partial charge is 0.416 e. The second kappa shape index (κ2) is 9.21. The molecule has 0 unspecified atom stereocenters. The number of nitrogens with zero attached hydrogens (tertiary/aromatic N) is 4. The Kier molecular flexibility index (Phi) is 6.07. The Labute approximate surface area is 202 Å². The van der Waals surface area contributed by atoms with Gasteiger partial charge in [-0.05, 0) is 54.7 Å². The second-order valence-electron chi connectivity index (χ2n) is 8.81. The minimum Gasteiger partial charge on any atom is -0.481 e. The van der Waals surface area contributed by atoms with Gasteiger partial charge in [-0.3, -0.25) is 4.79 Å². The van der Waals surface area contributed by atoms with E-state index in [2.05, 4.69) is 19.9 Å². The lowest BCUT2D eigenvalue weighted by atomic mass is 9.94. The van der Waals surface area contributed by atoms with Gasteiger partial charge in [0.2, 0.25) is 5.95 Å². The highest BCUT2D eigenvalue weighted by Gasteiger charge is 2.31. The number of aromatic nitrogens is 4. The molecule has 0 amide bonds. The number of hydrogen-bond acceptors (Lipinski definition) is 5. The average Bonchev–Trinajstić information content (AvgIpc) is 3.27. The van der Waals surface area contributed by atoms with Crippen molar-refractivity contribution >= 4 is 23.0 Å². The summed E-state index contributed by atoms with van der Waals surface area (Å²) in [6.45, 7) is 1.34. The molecule has 1 saturated heterocycles. The molecule has 0 spiro atoms. The van der Waals surface area contributed by atoms with Crippen LogP contribution in [0.2, 0.25) is 0 Å². The summed E-state index contributed by atoms with van der Waals surface area (Å²) in [6.07, 6.45) is 0.380. The van der Waals surface area contributed by atoms with Crippen LogP contribution in [0, 0.1) is 11.7 Å². The molecule has 0 aliphatic carbocycles. The number of fused-ring (bicyclic) bond motifs is 1. The fourth-order valence-electron chi connectivity index (χ4n) is 4.42. The fraction of sp³-hybridized carbons (Fsp3) is 0.280. The van der Waals surface area contributed by atoms with Crippen LogP contribution in [0.25, 0.3) is 33.5 Å². The number of H-pyrrole nitrogens is 1. The number of halogens is 4. The summed E-state index contributed by atoms with van der Waals surface area (Å²) in [4.78, 5) is 28.7. The van der Waals surface area contributed by atoms with E-state index < -0.39 is 23.5 Å². The number of carboxylic acids is 1. The molecule has 0 bridgehead atoms. The first-order valence-electron chi connectivity index (χ1n) is 11.3. The molecular formula is C25H21F4N5O2. The summed E-state index contributed by atoms with van der Waals surface area (Å²) in [5.41, 5.74) is 0.930. The van der Waals surface area contributed by atoms with E-state index in [0.29, 0.717) is 35.7 Å². The van der Waals surface area contributed by atoms with Crippen LogP contribution in [0.5, 0.6) is 0 Å². The first-order valence-corrected chi connectivity index (χ1v) is 11.3. The number of piperidine rings is 1. The van der Waals surface area contributed by atoms with Crippen molar-refractivity contribution in [2.45, 2.75) is 25.4 Å². The molecule has 0 atom stereocenters. The summed E-state index contributed by atoms with van der Waals surface area (Å²) in [7, 11) is 0. The van der Waals surface area contributed by atoms with Gasteiger partial charge in [-0.15, -0.1) is 0 Å². The highest BCUT2D eigenvalue weighted by Crippen LogP contribution is 2.33. The molecular weight excluding hydrogens is 478 g/mol. The Balaban J connectivity index is 1.32. The van der Waals surface area contributed by atoms with Crippen LogP contribution in [0.3, 0.4) is 0 Å². The van der Waals surface area contributed by atoms with Gasteiger partial charge in [-0.25, -0.2) is 19.3 Å². The molecule has 36 heavy (non-hydrogen) atoms. The van der Waals surface area contributed by atoms with Gasteiger partial charge < -0.3 is 15.0 Å². The number of anilines is 1. The van der Waals surface area contributed by atoms with Crippen molar-refractivity contribution in [3.63, 3.8) is 0 Å². The molecule has 2 N–H and O–H groups in total. The second-order valence-corrected chi connectivity index (χ2v) is 8.81. The number of benzene rings is 2. The Morgan fingerprint density at radius 3 is 2.42 bits per heavy atom. The van der Waals surface area contributed by atoms with Crippen LogP contribution in [-0.4, -0.2) is 44.1 Å². The zero-order chi connectivity index (χ0) is 25.4. The molecule has 3 heterocycles. The lowest BCUT2D eigenvalue weighted by molar-refractivity contribution is -0.138. The summed E-state index contributed by atoms with van der Waals surface area (Å²) in [6, 6.07) is 7.62. The van der Waals surface area contributed by atoms with Gasteiger partial charge in [0.05, 0.1) is 22.2 Å². The maximum atomic E-state index is 15.0. The standard InChI is InChI=1S/C25H21F4N5O2/c26-19-10-15(16-12-30-24(31-13-16)34-7-5-14(6-8-34)9-22(35)36)1-3-18(19)23-32-20-4-2-17(25(27,28)29)11-21(20)33-23/h1-4,10-14H,5-9H2,(H,32,33)(H,35,36). The summed E-state index contributed by atoms with van der Waals surface area (Å²) in [5, 5.41) is 8.95. The van der Waals surface area contributed by atoms with Crippen molar-refractivity contribution in [3.8, 4) is 22.5 Å². The van der Waals surface area contributed by atoms with Crippen LogP contribution in [0.4, 0.5) is 23.5 Å². The van der Waals surface area contributed by atoms with Crippen molar-refractivity contribution in [3.05, 3.63) is 60.2 Å². The van der Waals surface area contributed by atoms with E-state index in [1.807, 2.05) is 4.90 Å². The Morgan fingerprint density at radius 2 is 1.78 bits per heavy atom. The maximum Gasteiger partial charge on any atom is 0.416 e. The summed E-state index contributed by atoms with van der Waals surface area (Å²) < 4.78 is 53.9. The Morgan fingerprint density at radius 1 is 1.06 bits per heavy atom. The van der Waals surface area contributed by atoms with Gasteiger partial charge in [0.15, 0.2) is 0 Å². The maximum absolute atomic E-state index is 15.0. The molecule has 1 aliphatic rings. The van der Waals surface area contributed by atoms with E-state index in [9.17, 15) is 22.4 Å². The van der Waals surface area contributed by atoms with Crippen molar-refractivity contribution in [2.24, 2.45) is 5.92 Å². The van der Waals surface area contributed by atoms with Crippen LogP contribution in [0.1, 0.15) is 24.8 Å². The van der Waals surface area contributed by atoms with Gasteiger partial charge in [0.1, 0.15) is 11.6 Å². The largest absolute Gasteiger partial charge is 0.481 e. The lowest BCUT2D eigenvalue weighted by Gasteiger charge is -2.31. The van der Waals surface area contributed by atoms with Crippen molar-refractivity contribution in [2.75, 3.05) is 18.0 Å². The van der Waals surface area contributed by atoms with Crippen molar-refractivity contribution < 1.29 is 27.5 Å². The minimum absolute atomic E-state index is 0.130. The van der Waals surface area contributed by atoms with Gasteiger partial charge >= 0.3 is 12.1 Å². The zero-order valence-electron chi connectivity index (χ0n) is 18.9. The molecule has 1 fully saturated rings. The molecule has 7 nitrogen and oxygen atoms in total. The van der Waals surface area contributed by atoms with E-state index in [0.717, 1.165) is 25.0 Å². The van der Waals surface area contributed by atoms with Crippen LogP contribution in [-0.2, 0) is 11.0 Å². The monoisotopic (exact) mass is 499 g/mol. The van der Waals surface area contributed by atoms with E-state index in [4.69, 9.17) is 5.11 Å². The number of carbonyl (C=O) groups is 1. The first kappa shape index (κ1) is 23.7. The quantitative estimate of drug-likeness (QED) is 0.351. The number of hydrogen-bond donors (Lipinski definition) is 2. The van der Waals surface area contributed by atoms with E-state index in [-0.39, 0.29) is 29.2 Å². The number of rotatable bonds is 5. The number of aliphatic carboxylic acids is 1. The third kappa shape index (κ3) is 4.86. The van der Waals surface area contributed by atoms with Gasteiger partial charge in [0.25, 0.3) is 0 Å².